The van der Waals surface area contributed by atoms with Gasteiger partial charge in [0, 0.05) is 47.5 Å². The SMILES string of the molecule is COc1cc2c(cc1O)CCN[C@@]2(CSC)C(=O)OCC(c1c(C)c(OC(C)=O)c(C)c2c1OCO2)N1[C@@H](O)C(C)(N(C)C)Cc2cc(C)c(OC)c(O)c2[C@@H]1C. The maximum absolute atomic E-state index is 14.9. The molecule has 57 heavy (non-hydrogen) atoms. The second-order valence-electron chi connectivity index (χ2n) is 15.5. The monoisotopic (exact) mass is 809 g/mol. The number of ether oxygens (including phenoxy) is 6. The average Bonchev–Trinajstić information content (AvgIpc) is 3.62. The number of benzene rings is 3. The molecule has 0 saturated heterocycles. The number of esters is 2. The van der Waals surface area contributed by atoms with Gasteiger partial charge in [0.05, 0.1) is 25.8 Å². The van der Waals surface area contributed by atoms with E-state index in [2.05, 4.69) is 5.32 Å². The van der Waals surface area contributed by atoms with Gasteiger partial charge in [-0.15, -0.1) is 0 Å². The average molecular weight is 810 g/mol. The highest BCUT2D eigenvalue weighted by Crippen LogP contribution is 2.54. The highest BCUT2D eigenvalue weighted by molar-refractivity contribution is 7.98. The number of carbonyl (C=O) groups excluding carboxylic acids is 2. The maximum atomic E-state index is 14.9. The van der Waals surface area contributed by atoms with Crippen molar-refractivity contribution in [2.75, 3.05) is 60.3 Å². The Balaban J connectivity index is 1.59. The summed E-state index contributed by atoms with van der Waals surface area (Å²) in [5.41, 5.74) is 2.78. The first-order chi connectivity index (χ1) is 27.0. The number of rotatable bonds is 11. The number of methoxy groups -OCH3 is 2. The minimum Gasteiger partial charge on any atom is -0.504 e. The summed E-state index contributed by atoms with van der Waals surface area (Å²) in [7, 11) is 6.73. The first-order valence-corrected chi connectivity index (χ1v) is 20.3. The van der Waals surface area contributed by atoms with Crippen LogP contribution in [0.15, 0.2) is 18.2 Å². The van der Waals surface area contributed by atoms with Crippen LogP contribution in [-0.4, -0.2) is 109 Å². The van der Waals surface area contributed by atoms with E-state index in [1.165, 1.54) is 32.9 Å². The topological polar surface area (TPSA) is 169 Å². The largest absolute Gasteiger partial charge is 0.504 e. The minimum absolute atomic E-state index is 0.0254. The van der Waals surface area contributed by atoms with Crippen molar-refractivity contribution in [3.05, 3.63) is 62.7 Å². The Bertz CT molecular complexity index is 2080. The highest BCUT2D eigenvalue weighted by atomic mass is 32.2. The van der Waals surface area contributed by atoms with Gasteiger partial charge in [-0.3, -0.25) is 15.0 Å². The van der Waals surface area contributed by atoms with Gasteiger partial charge in [0.1, 0.15) is 18.6 Å². The van der Waals surface area contributed by atoms with E-state index in [1.54, 1.807) is 26.0 Å². The zero-order chi connectivity index (χ0) is 41.7. The van der Waals surface area contributed by atoms with E-state index >= 15 is 0 Å². The fourth-order valence-electron chi connectivity index (χ4n) is 8.92. The molecule has 0 aromatic heterocycles. The Morgan fingerprint density at radius 1 is 1.05 bits per heavy atom. The van der Waals surface area contributed by atoms with Gasteiger partial charge in [-0.05, 0) is 102 Å². The lowest BCUT2D eigenvalue weighted by atomic mass is 9.83. The molecule has 14 nitrogen and oxygen atoms in total. The van der Waals surface area contributed by atoms with Crippen molar-refractivity contribution >= 4 is 23.7 Å². The van der Waals surface area contributed by atoms with Crippen molar-refractivity contribution in [1.29, 1.82) is 0 Å². The van der Waals surface area contributed by atoms with Gasteiger partial charge in [-0.1, -0.05) is 6.07 Å². The Kier molecular flexibility index (Phi) is 11.9. The van der Waals surface area contributed by atoms with Crippen LogP contribution in [0.3, 0.4) is 0 Å². The van der Waals surface area contributed by atoms with Crippen molar-refractivity contribution in [3.8, 4) is 40.2 Å². The molecule has 6 rings (SSSR count). The molecule has 0 amide bonds. The van der Waals surface area contributed by atoms with Gasteiger partial charge in [-0.25, -0.2) is 4.79 Å². The van der Waals surface area contributed by atoms with Crippen LogP contribution in [-0.2, 0) is 32.7 Å². The molecular formula is C42H55N3O11S. The summed E-state index contributed by atoms with van der Waals surface area (Å²) in [6, 6.07) is 3.59. The first-order valence-electron chi connectivity index (χ1n) is 18.9. The minimum atomic E-state index is -1.33. The third-order valence-electron chi connectivity index (χ3n) is 12.0. The maximum Gasteiger partial charge on any atom is 0.331 e. The van der Waals surface area contributed by atoms with Crippen molar-refractivity contribution in [2.24, 2.45) is 0 Å². The molecule has 310 valence electrons. The van der Waals surface area contributed by atoms with Crippen LogP contribution in [0.5, 0.6) is 40.2 Å². The quantitative estimate of drug-likeness (QED) is 0.152. The van der Waals surface area contributed by atoms with Crippen LogP contribution in [0.25, 0.3) is 0 Å². The Labute approximate surface area is 338 Å². The number of thioether (sulfide) groups is 1. The van der Waals surface area contributed by atoms with Crippen LogP contribution in [0.2, 0.25) is 0 Å². The second-order valence-corrected chi connectivity index (χ2v) is 16.4. The van der Waals surface area contributed by atoms with Gasteiger partial charge in [-0.2, -0.15) is 11.8 Å². The fraction of sp³-hybridized carbons (Fsp3) is 0.524. The lowest BCUT2D eigenvalue weighted by Crippen LogP contribution is -2.60. The van der Waals surface area contributed by atoms with Gasteiger partial charge in [0.15, 0.2) is 40.0 Å². The summed E-state index contributed by atoms with van der Waals surface area (Å²) in [6.45, 7) is 10.6. The third-order valence-corrected chi connectivity index (χ3v) is 12.8. The van der Waals surface area contributed by atoms with Gasteiger partial charge in [0.2, 0.25) is 6.79 Å². The molecule has 5 atom stereocenters. The fourth-order valence-corrected chi connectivity index (χ4v) is 9.73. The van der Waals surface area contributed by atoms with Crippen molar-refractivity contribution in [3.63, 3.8) is 0 Å². The van der Waals surface area contributed by atoms with Crippen molar-refractivity contribution in [1.82, 2.24) is 15.1 Å². The second kappa shape index (κ2) is 16.1. The highest BCUT2D eigenvalue weighted by Gasteiger charge is 2.51. The lowest BCUT2D eigenvalue weighted by molar-refractivity contribution is -0.162. The van der Waals surface area contributed by atoms with Gasteiger partial charge < -0.3 is 48.6 Å². The molecule has 0 fully saturated rings. The number of nitrogens with zero attached hydrogens (tertiary/aromatic N) is 2. The molecule has 15 heteroatoms. The van der Waals surface area contributed by atoms with Crippen LogP contribution in [0.4, 0.5) is 0 Å². The van der Waals surface area contributed by atoms with Crippen LogP contribution < -0.4 is 29.0 Å². The summed E-state index contributed by atoms with van der Waals surface area (Å²) >= 11 is 1.46. The van der Waals surface area contributed by atoms with Crippen molar-refractivity contribution < 1.29 is 53.3 Å². The molecule has 0 radical (unpaired) electrons. The number of fused-ring (bicyclic) bond motifs is 3. The van der Waals surface area contributed by atoms with E-state index in [1.807, 2.05) is 57.0 Å². The summed E-state index contributed by atoms with van der Waals surface area (Å²) in [4.78, 5) is 31.2. The molecule has 0 spiro atoms. The first kappa shape index (κ1) is 42.2. The van der Waals surface area contributed by atoms with E-state index in [-0.39, 0.29) is 36.4 Å². The molecule has 0 bridgehead atoms. The number of aliphatic hydroxyl groups is 1. The molecule has 3 aromatic carbocycles. The molecule has 3 aliphatic heterocycles. The summed E-state index contributed by atoms with van der Waals surface area (Å²) in [6.07, 6.45) is 1.56. The zero-order valence-corrected chi connectivity index (χ0v) is 35.4. The number of aliphatic hydroxyl groups excluding tert-OH is 1. The number of phenolic OH excluding ortho intramolecular Hbond substituents is 2. The summed E-state index contributed by atoms with van der Waals surface area (Å²) < 4.78 is 35.7. The molecule has 3 heterocycles. The molecule has 0 aliphatic carbocycles. The van der Waals surface area contributed by atoms with Gasteiger partial charge >= 0.3 is 11.9 Å². The van der Waals surface area contributed by atoms with Gasteiger partial charge in [0.25, 0.3) is 0 Å². The third kappa shape index (κ3) is 7.00. The van der Waals surface area contributed by atoms with E-state index in [9.17, 15) is 24.9 Å². The predicted octanol–water partition coefficient (Wildman–Crippen LogP) is 4.94. The van der Waals surface area contributed by atoms with E-state index in [0.717, 1.165) is 16.7 Å². The Morgan fingerprint density at radius 2 is 1.75 bits per heavy atom. The molecule has 3 aromatic rings. The summed E-state index contributed by atoms with van der Waals surface area (Å²) in [5, 5.41) is 38.9. The number of carbonyl (C=O) groups is 2. The number of likely N-dealkylation sites (N-methyl/N-ethyl adjacent to an activating group) is 1. The number of aryl methyl sites for hydroxylation is 1. The lowest BCUT2D eigenvalue weighted by Gasteiger charge is -2.48. The van der Waals surface area contributed by atoms with E-state index < -0.39 is 41.3 Å². The number of phenols is 2. The molecule has 3 aliphatic rings. The normalized spacial score (nSPS) is 23.3. The standard InChI is InChI=1S/C42H55N3O11S/c1-21-14-27-17-41(6,44(7)8)39(49)45(24(4)33(27)34(48)35(21)52-10)29(32-22(2)36(56-25(5)46)23(3)37-38(32)55-20-54-37)18-53-40(50)42(19-57-11)28-16-31(51-9)30(47)15-26(28)12-13-43-42/h14-16,24,29,39,43,47-49H,12-13,17-20H2,1-11H3/t24-,29?,39-,41?,42+/m0/s1. The number of hydrogen-bond acceptors (Lipinski definition) is 15. The smallest absolute Gasteiger partial charge is 0.331 e. The summed E-state index contributed by atoms with van der Waals surface area (Å²) in [5.74, 6) is 0.629. The number of nitrogens with one attached hydrogen (secondary N) is 1. The van der Waals surface area contributed by atoms with Crippen molar-refractivity contribution in [2.45, 2.75) is 83.8 Å². The van der Waals surface area contributed by atoms with E-state index in [4.69, 9.17) is 28.4 Å². The molecule has 0 saturated carbocycles. The zero-order valence-electron chi connectivity index (χ0n) is 34.6. The number of aromatic hydroxyl groups is 2. The van der Waals surface area contributed by atoms with Crippen LogP contribution in [0.1, 0.15) is 77.4 Å². The Morgan fingerprint density at radius 3 is 2.39 bits per heavy atom. The number of hydrogen-bond donors (Lipinski definition) is 4. The molecular weight excluding hydrogens is 755 g/mol. The molecule has 2 unspecified atom stereocenters. The molecule has 4 N–H and O–H groups in total. The van der Waals surface area contributed by atoms with Crippen LogP contribution >= 0.6 is 11.8 Å². The van der Waals surface area contributed by atoms with E-state index in [0.29, 0.717) is 70.2 Å². The van der Waals surface area contributed by atoms with Crippen LogP contribution in [0, 0.1) is 20.8 Å². The predicted molar refractivity (Wildman–Crippen MR) is 215 cm³/mol. The Hall–Kier alpha value is -4.41.